The zero-order valence-corrected chi connectivity index (χ0v) is 69.1. The zero-order valence-electron chi connectivity index (χ0n) is 132. The monoisotopic (exact) mass is 1780 g/mol. The summed E-state index contributed by atoms with van der Waals surface area (Å²) in [6, 6.07) is 44.3. The predicted octanol–water partition coefficient (Wildman–Crippen LogP) is 20.8. The maximum absolute atomic E-state index is 10.7. The van der Waals surface area contributed by atoms with Crippen molar-refractivity contribution in [1.29, 1.82) is 0 Å². The first-order chi connectivity index (χ1) is 84.0. The summed E-state index contributed by atoms with van der Waals surface area (Å²) >= 11 is 0. The van der Waals surface area contributed by atoms with Crippen LogP contribution in [-0.2, 0) is 31.9 Å². The van der Waals surface area contributed by atoms with Gasteiger partial charge in [0.25, 0.3) is 0 Å². The molecule has 10 aromatic rings. The van der Waals surface area contributed by atoms with Crippen molar-refractivity contribution in [2.75, 3.05) is 103 Å². The van der Waals surface area contributed by atoms with E-state index in [9.17, 15) is 25.5 Å². The van der Waals surface area contributed by atoms with Gasteiger partial charge in [-0.1, -0.05) is 123 Å². The Morgan fingerprint density at radius 1 is 0.240 bits per heavy atom. The number of benzene rings is 10. The Kier molecular flexibility index (Phi) is 21.0. The van der Waals surface area contributed by atoms with Crippen molar-refractivity contribution in [3.63, 3.8) is 0 Å². The molecule has 0 radical (unpaired) electrons. The second-order valence-corrected chi connectivity index (χ2v) is 24.9. The van der Waals surface area contributed by atoms with E-state index in [1.165, 1.54) is 124 Å². The second kappa shape index (κ2) is 59.8. The first-order valence-corrected chi connectivity index (χ1v) is 36.9. The second-order valence-electron chi connectivity index (χ2n) is 24.9. The number of ether oxygens (including phenoxy) is 15. The fraction of sp³-hybridized carbons (Fsp3) is 0.429. The van der Waals surface area contributed by atoms with Crippen LogP contribution in [0, 0.1) is 34.6 Å². The SMILES string of the molecule is [2H]C([2H])(CC([2H])([2H])C([2H])(O)C([2H])([2H])Oc1cccc(C)c1)C([2H])([2H])c1ccc(OC)c(OC)c1.[2H]C([2H])([2H])Oc1cc(C([2H])([2H])C([2H])([2H])CC([2H])([2H])C([2H])(O)C([2H])([2H])Oc2cccc(C)c2)ccc1OC.[2H]C([2H])([2H])Oc1ccc(C([2H])([2H])C([2H])([2H])CC([2H])([2H])C([2H])(O)C([2H])([2H])Oc2cccc(C)c2)cc1OC.[2H]C([2H])([2H])Oc1ccc(C([2H])([2H])C([2H])([2H])CC([2H])([2H])C([2H])(O)C([2H])([2H])Oc2cccc(C)c2)cc1OC([2H])([2H])[2H].[2H]C([2H])([2H])Oc1ccc(C([2H])([2H])C([2H])([2H])CC([2H])([2H])C([2H])(O)C([2H])([2H])Oc2cccc(C)c2)cc1OC([2H])([2H])[2H]. The highest BCUT2D eigenvalue weighted by atomic mass is 16.5. The largest absolute Gasteiger partial charge is 0.493 e. The molecule has 0 fully saturated rings. The normalized spacial score (nSPS) is 23.5. The molecule has 5 atom stereocenters. The summed E-state index contributed by atoms with van der Waals surface area (Å²) in [4.78, 5) is 0. The highest BCUT2D eigenvalue weighted by Crippen LogP contribution is 2.34. The lowest BCUT2D eigenvalue weighted by Gasteiger charge is -2.13. The molecular weight excluding hydrogens is 1580 g/mol. The number of methoxy groups -OCH3 is 10. The lowest BCUT2D eigenvalue weighted by molar-refractivity contribution is 0.0976. The van der Waals surface area contributed by atoms with Crippen molar-refractivity contribution < 1.29 is 183 Å². The molecule has 0 aliphatic rings. The number of aryl methyl sites for hydroxylation is 10. The summed E-state index contributed by atoms with van der Waals surface area (Å²) < 4.78 is 574. The summed E-state index contributed by atoms with van der Waals surface area (Å²) in [7, 11) is -13.1. The molecule has 0 spiro atoms. The first kappa shape index (κ1) is 43.9. The van der Waals surface area contributed by atoms with Gasteiger partial charge in [0.1, 0.15) is 61.5 Å². The lowest BCUT2D eigenvalue weighted by Crippen LogP contribution is -2.17. The Balaban J connectivity index is 0.000000354. The van der Waals surface area contributed by atoms with E-state index in [-0.39, 0.29) is 68.6 Å². The molecule has 0 saturated heterocycles. The minimum atomic E-state index is -3.76. The van der Waals surface area contributed by atoms with Gasteiger partial charge in [0.15, 0.2) is 57.5 Å². The quantitative estimate of drug-likeness (QED) is 0.0238. The van der Waals surface area contributed by atoms with Crippen LogP contribution in [0.15, 0.2) is 212 Å². The van der Waals surface area contributed by atoms with Crippen LogP contribution in [0.2, 0.25) is 0 Å². The average Bonchev–Trinajstić information content (AvgIpc) is 0.735. The van der Waals surface area contributed by atoms with Crippen LogP contribution in [0.1, 0.15) is 238 Å². The van der Waals surface area contributed by atoms with Gasteiger partial charge in [0.05, 0.1) is 146 Å². The molecule has 10 aromatic carbocycles. The molecule has 5 N–H and O–H groups in total. The first-order valence-electron chi connectivity index (χ1n) is 68.4. The van der Waals surface area contributed by atoms with Gasteiger partial charge in [-0.2, -0.15) is 0 Å². The van der Waals surface area contributed by atoms with E-state index in [1.807, 2.05) is 0 Å². The van der Waals surface area contributed by atoms with E-state index in [2.05, 4.69) is 9.47 Å². The Morgan fingerprint density at radius 3 is 0.592 bits per heavy atom. The summed E-state index contributed by atoms with van der Waals surface area (Å²) in [5.74, 6) is -3.90. The predicted molar refractivity (Wildman–Crippen MR) is 499 cm³/mol. The van der Waals surface area contributed by atoms with Gasteiger partial charge in [-0.05, 0) is 307 Å². The van der Waals surface area contributed by atoms with Crippen LogP contribution in [0.25, 0.3) is 0 Å². The molecule has 0 heterocycles. The van der Waals surface area contributed by atoms with Gasteiger partial charge >= 0.3 is 0 Å². The lowest BCUT2D eigenvalue weighted by atomic mass is 10.0. The van der Waals surface area contributed by atoms with Gasteiger partial charge in [0, 0.05) is 41.1 Å². The van der Waals surface area contributed by atoms with E-state index >= 15 is 0 Å². The van der Waals surface area contributed by atoms with E-state index in [4.69, 9.17) is 148 Å². The van der Waals surface area contributed by atoms with Crippen molar-refractivity contribution in [2.24, 2.45) is 0 Å². The van der Waals surface area contributed by atoms with Crippen LogP contribution in [0.3, 0.4) is 0 Å². The Morgan fingerprint density at radius 2 is 0.416 bits per heavy atom. The maximum Gasteiger partial charge on any atom is 0.160 e. The van der Waals surface area contributed by atoms with E-state index in [0.29, 0.717) is 39.9 Å². The summed E-state index contributed by atoms with van der Waals surface area (Å²) in [5, 5.41) is 53.2. The van der Waals surface area contributed by atoms with Gasteiger partial charge in [0.2, 0.25) is 0 Å². The molecule has 0 saturated carbocycles. The van der Waals surface area contributed by atoms with E-state index < -0.39 is 279 Å². The highest BCUT2D eigenvalue weighted by molar-refractivity contribution is 5.47. The van der Waals surface area contributed by atoms with Gasteiger partial charge < -0.3 is 96.6 Å². The third-order valence-electron chi connectivity index (χ3n) is 15.4. The van der Waals surface area contributed by atoms with E-state index in [1.54, 1.807) is 71.0 Å². The molecule has 0 aliphatic carbocycles. The van der Waals surface area contributed by atoms with Gasteiger partial charge in [-0.25, -0.2) is 0 Å². The fourth-order valence-electron chi connectivity index (χ4n) is 9.56. The van der Waals surface area contributed by atoms with Crippen LogP contribution in [-0.4, -0.2) is 159 Å². The van der Waals surface area contributed by atoms with Crippen LogP contribution >= 0.6 is 0 Å². The van der Waals surface area contributed by atoms with Crippen molar-refractivity contribution in [3.8, 4) is 86.2 Å². The third kappa shape index (κ3) is 41.1. The Hall–Kier alpha value is -11.0. The van der Waals surface area contributed by atoms with Gasteiger partial charge in [-0.3, -0.25) is 0 Å². The molecule has 125 heavy (non-hydrogen) atoms. The molecule has 0 bridgehead atoms. The van der Waals surface area contributed by atoms with Gasteiger partial charge in [-0.15, -0.1) is 0 Å². The van der Waals surface area contributed by atoms with Crippen LogP contribution < -0.4 is 71.1 Å². The standard InChI is InChI=1S/5C21H28O4/c5*1-16-7-6-10-19(13-16)25-15-18(22)9-5-4-8-17-11-12-20(23-2)21(14-17)24-3/h5*6-7,10-14,18,22H,4-5,8-9,15H2,1-3H3/i2*2D3,3D3,4D2,8D2,9D2,15D2,18D;3D3,4D2,8D2,9D2,15D2,18D;2D3,4D2,8D2,9D2,15D2,18D;4D2,8D2,9D2,15D2,18D. The number of hydrogen-bond acceptors (Lipinski definition) is 20. The average molecular weight is 1790 g/mol. The Labute approximate surface area is 833 Å². The Bertz CT molecular complexity index is 7440. The smallest absolute Gasteiger partial charge is 0.160 e. The molecule has 5 unspecified atom stereocenters. The van der Waals surface area contributed by atoms with Crippen molar-refractivity contribution in [3.05, 3.63) is 268 Å². The molecule has 20 heteroatoms. The molecule has 0 amide bonds. The molecule has 10 rings (SSSR count). The highest BCUT2D eigenvalue weighted by Gasteiger charge is 2.15. The molecular formula is C105H140O20. The molecule has 0 aliphatic heterocycles. The minimum Gasteiger partial charge on any atom is -0.493 e. The topological polar surface area (TPSA) is 240 Å². The summed E-state index contributed by atoms with van der Waals surface area (Å²) in [5.41, 5.74) is 1.02. The number of hydrogen-bond donors (Lipinski definition) is 5. The molecule has 680 valence electrons. The van der Waals surface area contributed by atoms with E-state index in [0.717, 1.165) is 67.8 Å². The fourth-order valence-corrected chi connectivity index (χ4v) is 9.56. The summed E-state index contributed by atoms with van der Waals surface area (Å²) in [6.07, 6.45) is -74.0. The maximum atomic E-state index is 10.7. The summed E-state index contributed by atoms with van der Waals surface area (Å²) in [6.45, 7) is -8.57. The van der Waals surface area contributed by atoms with Crippen molar-refractivity contribution in [2.45, 2.75) is 193 Å². The van der Waals surface area contributed by atoms with Crippen molar-refractivity contribution in [1.82, 2.24) is 0 Å². The number of aliphatic hydroxyl groups is 5. The van der Waals surface area contributed by atoms with Crippen LogP contribution in [0.4, 0.5) is 0 Å². The van der Waals surface area contributed by atoms with Crippen LogP contribution in [0.5, 0.6) is 86.2 Å². The number of rotatable bonds is 50. The zero-order chi connectivity index (χ0) is 146. The van der Waals surface area contributed by atoms with Crippen molar-refractivity contribution >= 4 is 0 Å². The molecule has 20 nitrogen and oxygen atoms in total. The minimum absolute atomic E-state index is 0.0601. The third-order valence-corrected chi connectivity index (χ3v) is 15.4. The molecule has 0 aromatic heterocycles.